The Bertz CT molecular complexity index is 2430. The van der Waals surface area contributed by atoms with Crippen LogP contribution < -0.4 is 19.4 Å². The van der Waals surface area contributed by atoms with Gasteiger partial charge in [-0.3, -0.25) is 4.90 Å². The van der Waals surface area contributed by atoms with Gasteiger partial charge in [-0.15, -0.1) is 0 Å². The van der Waals surface area contributed by atoms with Gasteiger partial charge >= 0.3 is 0 Å². The number of hydrogen-bond donors (Lipinski definition) is 2. The number of anilines is 1. The minimum atomic E-state index is 0.701. The summed E-state index contributed by atoms with van der Waals surface area (Å²) >= 11 is 6.34. The highest BCUT2D eigenvalue weighted by molar-refractivity contribution is 6.31. The van der Waals surface area contributed by atoms with E-state index in [1.54, 1.807) is 14.2 Å². The highest BCUT2D eigenvalue weighted by Crippen LogP contribution is 2.36. The maximum atomic E-state index is 6.34. The molecule has 3 aromatic heterocycles. The fourth-order valence-corrected chi connectivity index (χ4v) is 9.22. The highest BCUT2D eigenvalue weighted by atomic mass is 35.5. The Labute approximate surface area is 315 Å². The van der Waals surface area contributed by atoms with Crippen LogP contribution in [0, 0.1) is 11.8 Å². The molecular weight excluding hydrogens is 680 g/mol. The number of likely N-dealkylation sites (tertiary alicyclic amines) is 2. The van der Waals surface area contributed by atoms with Gasteiger partial charge in [-0.1, -0.05) is 17.7 Å². The zero-order valence-corrected chi connectivity index (χ0v) is 31.5. The SMILES string of the molecule is COc1ccc2nc3cc(Cl)ccc3c(NCCN3CCC(C4CCN(CC[n+]5ccc6ccc7[nH]c8ccc(OC)cc8c7c6c5)CC4)CC3)c2c1. The number of rotatable bonds is 10. The summed E-state index contributed by atoms with van der Waals surface area (Å²) in [6, 6.07) is 25.0. The first-order chi connectivity index (χ1) is 26.0. The Morgan fingerprint density at radius 3 is 2.19 bits per heavy atom. The van der Waals surface area contributed by atoms with Gasteiger partial charge in [0.15, 0.2) is 18.9 Å². The van der Waals surface area contributed by atoms with Crippen molar-refractivity contribution in [2.45, 2.75) is 32.2 Å². The summed E-state index contributed by atoms with van der Waals surface area (Å²) in [6.45, 7) is 8.79. The molecule has 2 fully saturated rings. The van der Waals surface area contributed by atoms with Crippen LogP contribution >= 0.6 is 11.6 Å². The van der Waals surface area contributed by atoms with Crippen LogP contribution in [0.2, 0.25) is 5.02 Å². The van der Waals surface area contributed by atoms with Crippen molar-refractivity contribution < 1.29 is 14.0 Å². The summed E-state index contributed by atoms with van der Waals surface area (Å²) in [5.74, 6) is 3.42. The standard InChI is InChI=1S/C44H47ClN6O2/c1-52-33-5-9-39-36(26-33)43-38-28-51(21-15-31(38)3-8-41(43)47-39)24-23-50-19-13-30(14-20-50)29-11-17-49(18-12-29)22-16-46-44-35-7-4-32(45)25-42(35)48-40-10-6-34(53-2)27-37(40)44/h3-10,15,21,25-30H,11-14,16-20,22-24H2,1-2H3,(H,46,48)/p+1. The maximum absolute atomic E-state index is 6.34. The molecule has 4 aromatic carbocycles. The number of pyridine rings is 2. The molecule has 0 bridgehead atoms. The molecule has 7 aromatic rings. The Morgan fingerprint density at radius 1 is 0.736 bits per heavy atom. The van der Waals surface area contributed by atoms with Gasteiger partial charge in [-0.2, -0.15) is 0 Å². The minimum Gasteiger partial charge on any atom is -0.497 e. The molecule has 0 aliphatic carbocycles. The van der Waals surface area contributed by atoms with Gasteiger partial charge in [-0.25, -0.2) is 9.55 Å². The van der Waals surface area contributed by atoms with E-state index in [1.807, 2.05) is 30.3 Å². The van der Waals surface area contributed by atoms with Crippen LogP contribution in [0.15, 0.2) is 85.2 Å². The molecule has 9 rings (SSSR count). The summed E-state index contributed by atoms with van der Waals surface area (Å²) in [5, 5.41) is 11.7. The zero-order valence-electron chi connectivity index (χ0n) is 30.7. The molecule has 53 heavy (non-hydrogen) atoms. The summed E-state index contributed by atoms with van der Waals surface area (Å²) in [4.78, 5) is 13.8. The van der Waals surface area contributed by atoms with Crippen LogP contribution in [-0.4, -0.2) is 79.8 Å². The first kappa shape index (κ1) is 34.2. The molecular formula is C44H48ClN6O2+. The number of benzene rings is 4. The summed E-state index contributed by atoms with van der Waals surface area (Å²) in [7, 11) is 3.44. The number of ether oxygens (including phenoxy) is 2. The Hall–Kier alpha value is -4.63. The van der Waals surface area contributed by atoms with E-state index in [9.17, 15) is 0 Å². The fraction of sp³-hybridized carbons (Fsp3) is 0.364. The van der Waals surface area contributed by atoms with Crippen LogP contribution in [-0.2, 0) is 6.54 Å². The fourth-order valence-electron chi connectivity index (χ4n) is 9.06. The molecule has 0 atom stereocenters. The largest absolute Gasteiger partial charge is 0.497 e. The third kappa shape index (κ3) is 6.84. The molecule has 0 spiro atoms. The maximum Gasteiger partial charge on any atom is 0.177 e. The normalized spacial score (nSPS) is 16.7. The molecule has 8 nitrogen and oxygen atoms in total. The van der Waals surface area contributed by atoms with Gasteiger partial charge in [0.25, 0.3) is 0 Å². The van der Waals surface area contributed by atoms with Crippen molar-refractivity contribution in [2.75, 3.05) is 65.3 Å². The highest BCUT2D eigenvalue weighted by Gasteiger charge is 2.30. The molecule has 5 heterocycles. The smallest absolute Gasteiger partial charge is 0.177 e. The monoisotopic (exact) mass is 727 g/mol. The summed E-state index contributed by atoms with van der Waals surface area (Å²) in [5.41, 5.74) is 5.27. The van der Waals surface area contributed by atoms with Crippen LogP contribution in [0.1, 0.15) is 25.7 Å². The topological polar surface area (TPSA) is 69.5 Å². The van der Waals surface area contributed by atoms with Gasteiger partial charge in [-0.05, 0) is 130 Å². The molecule has 0 saturated carbocycles. The third-order valence-corrected chi connectivity index (χ3v) is 12.3. The number of H-pyrrole nitrogens is 1. The van der Waals surface area contributed by atoms with E-state index in [0.29, 0.717) is 5.02 Å². The van der Waals surface area contributed by atoms with Crippen molar-refractivity contribution in [3.05, 3.63) is 90.2 Å². The molecule has 2 aliphatic heterocycles. The average molecular weight is 728 g/mol. The van der Waals surface area contributed by atoms with E-state index in [0.717, 1.165) is 82.5 Å². The number of piperidine rings is 2. The van der Waals surface area contributed by atoms with Crippen molar-refractivity contribution >= 4 is 71.7 Å². The summed E-state index contributed by atoms with van der Waals surface area (Å²) in [6.07, 6.45) is 9.85. The number of halogens is 1. The van der Waals surface area contributed by atoms with Gasteiger partial charge in [0.05, 0.1) is 42.9 Å². The van der Waals surface area contributed by atoms with E-state index in [2.05, 4.69) is 79.5 Å². The van der Waals surface area contributed by atoms with Crippen LogP contribution in [0.4, 0.5) is 5.69 Å². The van der Waals surface area contributed by atoms with Crippen molar-refractivity contribution in [2.24, 2.45) is 11.8 Å². The number of aromatic amines is 1. The van der Waals surface area contributed by atoms with Crippen LogP contribution in [0.3, 0.4) is 0 Å². The Morgan fingerprint density at radius 2 is 1.43 bits per heavy atom. The van der Waals surface area contributed by atoms with Gasteiger partial charge < -0.3 is 24.7 Å². The quantitative estimate of drug-likeness (QED) is 0.109. The van der Waals surface area contributed by atoms with E-state index >= 15 is 0 Å². The van der Waals surface area contributed by atoms with Gasteiger partial charge in [0.2, 0.25) is 0 Å². The summed E-state index contributed by atoms with van der Waals surface area (Å²) < 4.78 is 13.5. The zero-order chi connectivity index (χ0) is 35.9. The number of hydrogen-bond acceptors (Lipinski definition) is 6. The van der Waals surface area contributed by atoms with E-state index in [-0.39, 0.29) is 0 Å². The number of aromatic nitrogens is 3. The lowest BCUT2D eigenvalue weighted by Crippen LogP contribution is -2.45. The van der Waals surface area contributed by atoms with E-state index in [1.165, 1.54) is 78.9 Å². The Kier molecular flexibility index (Phi) is 9.44. The number of methoxy groups -OCH3 is 2. The van der Waals surface area contributed by atoms with Crippen LogP contribution in [0.5, 0.6) is 11.5 Å². The lowest BCUT2D eigenvalue weighted by Gasteiger charge is -2.40. The molecule has 0 radical (unpaired) electrons. The second kappa shape index (κ2) is 14.7. The van der Waals surface area contributed by atoms with E-state index < -0.39 is 0 Å². The molecule has 272 valence electrons. The number of nitrogens with one attached hydrogen (secondary N) is 2. The predicted octanol–water partition coefficient (Wildman–Crippen LogP) is 8.67. The molecule has 0 unspecified atom stereocenters. The first-order valence-electron chi connectivity index (χ1n) is 19.2. The molecule has 2 N–H and O–H groups in total. The second-order valence-electron chi connectivity index (χ2n) is 15.0. The Balaban J connectivity index is 0.773. The molecule has 9 heteroatoms. The van der Waals surface area contributed by atoms with Crippen molar-refractivity contribution in [1.82, 2.24) is 19.8 Å². The van der Waals surface area contributed by atoms with Crippen LogP contribution in [0.25, 0.3) is 54.4 Å². The van der Waals surface area contributed by atoms with Crippen molar-refractivity contribution in [1.29, 1.82) is 0 Å². The first-order valence-corrected chi connectivity index (χ1v) is 19.6. The van der Waals surface area contributed by atoms with Crippen molar-refractivity contribution in [3.63, 3.8) is 0 Å². The predicted molar refractivity (Wildman–Crippen MR) is 218 cm³/mol. The van der Waals surface area contributed by atoms with Crippen molar-refractivity contribution in [3.8, 4) is 11.5 Å². The van der Waals surface area contributed by atoms with E-state index in [4.69, 9.17) is 26.1 Å². The average Bonchev–Trinajstić information content (AvgIpc) is 3.58. The number of nitrogens with zero attached hydrogens (tertiary/aromatic N) is 4. The second-order valence-corrected chi connectivity index (χ2v) is 15.5. The van der Waals surface area contributed by atoms with Gasteiger partial charge in [0, 0.05) is 56.8 Å². The lowest BCUT2D eigenvalue weighted by atomic mass is 9.79. The molecule has 2 saturated heterocycles. The lowest BCUT2D eigenvalue weighted by molar-refractivity contribution is -0.695. The molecule has 2 aliphatic rings. The molecule has 0 amide bonds. The van der Waals surface area contributed by atoms with Gasteiger partial charge in [0.1, 0.15) is 11.5 Å². The third-order valence-electron chi connectivity index (χ3n) is 12.1. The number of fused-ring (bicyclic) bond motifs is 7. The minimum absolute atomic E-state index is 0.701.